The summed E-state index contributed by atoms with van der Waals surface area (Å²) in [4.78, 5) is 29.2. The molecule has 0 fully saturated rings. The molecule has 1 atom stereocenters. The van der Waals surface area contributed by atoms with E-state index in [4.69, 9.17) is 4.42 Å². The van der Waals surface area contributed by atoms with Crippen LogP contribution in [-0.4, -0.2) is 16.1 Å². The summed E-state index contributed by atoms with van der Waals surface area (Å²) in [6.07, 6.45) is 0. The third-order valence-electron chi connectivity index (χ3n) is 5.72. The van der Waals surface area contributed by atoms with Crippen molar-refractivity contribution < 1.29 is 14.3 Å². The minimum Gasteiger partial charge on any atom is -0.476 e. The van der Waals surface area contributed by atoms with Crippen molar-refractivity contribution in [3.05, 3.63) is 92.4 Å². The van der Waals surface area contributed by atoms with Crippen molar-refractivity contribution >= 4 is 22.6 Å². The predicted octanol–water partition coefficient (Wildman–Crippen LogP) is 5.52. The van der Waals surface area contributed by atoms with Crippen molar-refractivity contribution in [2.24, 2.45) is 0 Å². The number of fused-ring (bicyclic) bond motifs is 1. The number of anilines is 1. The van der Waals surface area contributed by atoms with Crippen molar-refractivity contribution in [2.75, 3.05) is 5.32 Å². The molecule has 0 aliphatic rings. The lowest BCUT2D eigenvalue weighted by atomic mass is 9.98. The monoisotopic (exact) mass is 453 g/mol. The maximum Gasteiger partial charge on any atom is 0.356 e. The molecule has 2 heterocycles. The van der Waals surface area contributed by atoms with E-state index in [1.54, 1.807) is 56.3 Å². The zero-order valence-corrected chi connectivity index (χ0v) is 19.3. The Morgan fingerprint density at radius 2 is 1.91 bits per heavy atom. The molecule has 4 aromatic rings. The number of aromatic nitrogens is 1. The van der Waals surface area contributed by atoms with Crippen LogP contribution in [-0.2, 0) is 0 Å². The van der Waals surface area contributed by atoms with Crippen molar-refractivity contribution in [3.8, 4) is 17.4 Å². The van der Waals surface area contributed by atoms with Crippen LogP contribution in [0.2, 0.25) is 0 Å². The van der Waals surface area contributed by atoms with Crippen LogP contribution in [0.5, 0.6) is 0 Å². The van der Waals surface area contributed by atoms with Crippen LogP contribution < -0.4 is 10.7 Å². The number of carboxylic acid groups (broad SMARTS) is 1. The average molecular weight is 453 g/mol. The average Bonchev–Trinajstić information content (AvgIpc) is 2.82. The Hall–Kier alpha value is -4.44. The van der Waals surface area contributed by atoms with Gasteiger partial charge in [0.25, 0.3) is 0 Å². The molecular formula is C27H23N3O4. The maximum absolute atomic E-state index is 13.3. The standard InChI is InChI=1S/C27H23N3O4/c1-14-10-20(17(4)30-22-9-8-15(2)29-23(22)27(32)33)26-21(11-14)24(31)16(3)25(34-26)19-7-5-6-18(12-19)13-28/h5-12,17,30H,1-4H3,(H,32,33). The molecular weight excluding hydrogens is 430 g/mol. The summed E-state index contributed by atoms with van der Waals surface area (Å²) in [5.41, 5.74) is 4.30. The molecule has 0 amide bonds. The number of benzene rings is 2. The number of carbonyl (C=O) groups is 1. The molecule has 0 saturated heterocycles. The zero-order valence-electron chi connectivity index (χ0n) is 19.3. The number of nitrogens with one attached hydrogen (secondary N) is 1. The summed E-state index contributed by atoms with van der Waals surface area (Å²) < 4.78 is 6.32. The van der Waals surface area contributed by atoms with E-state index in [2.05, 4.69) is 16.4 Å². The van der Waals surface area contributed by atoms with E-state index in [0.29, 0.717) is 50.4 Å². The Morgan fingerprint density at radius 3 is 2.62 bits per heavy atom. The van der Waals surface area contributed by atoms with Gasteiger partial charge in [-0.25, -0.2) is 9.78 Å². The van der Waals surface area contributed by atoms with Gasteiger partial charge in [-0.05, 0) is 63.6 Å². The molecule has 170 valence electrons. The zero-order chi connectivity index (χ0) is 24.6. The Labute approximate surface area is 196 Å². The minimum atomic E-state index is -1.13. The van der Waals surface area contributed by atoms with Gasteiger partial charge < -0.3 is 14.8 Å². The molecule has 7 nitrogen and oxygen atoms in total. The number of nitrogens with zero attached hydrogens (tertiary/aromatic N) is 2. The Bertz CT molecular complexity index is 1550. The number of rotatable bonds is 5. The molecule has 0 aliphatic carbocycles. The summed E-state index contributed by atoms with van der Waals surface area (Å²) in [6, 6.07) is 15.7. The molecule has 0 radical (unpaired) electrons. The van der Waals surface area contributed by atoms with Crippen LogP contribution in [0, 0.1) is 32.1 Å². The second kappa shape index (κ2) is 8.83. The lowest BCUT2D eigenvalue weighted by Gasteiger charge is -2.20. The number of pyridine rings is 1. The number of aryl methyl sites for hydroxylation is 2. The first kappa shape index (κ1) is 22.7. The maximum atomic E-state index is 13.3. The van der Waals surface area contributed by atoms with Crippen LogP contribution in [0.1, 0.15) is 51.4 Å². The second-order valence-electron chi connectivity index (χ2n) is 8.33. The summed E-state index contributed by atoms with van der Waals surface area (Å²) in [5, 5.41) is 22.5. The SMILES string of the molecule is Cc1cc(C(C)Nc2ccc(C)nc2C(=O)O)c2oc(-c3cccc(C#N)c3)c(C)c(=O)c2c1. The van der Waals surface area contributed by atoms with Crippen LogP contribution in [0.3, 0.4) is 0 Å². The van der Waals surface area contributed by atoms with Gasteiger partial charge in [0.15, 0.2) is 11.1 Å². The third kappa shape index (κ3) is 4.14. The fourth-order valence-electron chi connectivity index (χ4n) is 4.04. The van der Waals surface area contributed by atoms with E-state index < -0.39 is 12.0 Å². The van der Waals surface area contributed by atoms with Gasteiger partial charge in [-0.15, -0.1) is 0 Å². The van der Waals surface area contributed by atoms with Gasteiger partial charge in [-0.2, -0.15) is 5.26 Å². The first-order valence-corrected chi connectivity index (χ1v) is 10.8. The Balaban J connectivity index is 1.90. The largest absolute Gasteiger partial charge is 0.476 e. The van der Waals surface area contributed by atoms with Gasteiger partial charge in [0.2, 0.25) is 0 Å². The predicted molar refractivity (Wildman–Crippen MR) is 130 cm³/mol. The molecule has 0 saturated carbocycles. The molecule has 34 heavy (non-hydrogen) atoms. The second-order valence-corrected chi connectivity index (χ2v) is 8.33. The molecule has 2 aromatic carbocycles. The van der Waals surface area contributed by atoms with Crippen molar-refractivity contribution in [1.82, 2.24) is 4.98 Å². The summed E-state index contributed by atoms with van der Waals surface area (Å²) in [7, 11) is 0. The Kier molecular flexibility index (Phi) is 5.91. The molecule has 2 N–H and O–H groups in total. The molecule has 0 spiro atoms. The van der Waals surface area contributed by atoms with Gasteiger partial charge in [-0.1, -0.05) is 18.2 Å². The van der Waals surface area contributed by atoms with Crippen LogP contribution in [0.4, 0.5) is 5.69 Å². The van der Waals surface area contributed by atoms with E-state index in [0.717, 1.165) is 5.56 Å². The Morgan fingerprint density at radius 1 is 1.15 bits per heavy atom. The van der Waals surface area contributed by atoms with Crippen LogP contribution in [0.25, 0.3) is 22.3 Å². The summed E-state index contributed by atoms with van der Waals surface area (Å²) >= 11 is 0. The van der Waals surface area contributed by atoms with Crippen molar-refractivity contribution in [3.63, 3.8) is 0 Å². The van der Waals surface area contributed by atoms with Gasteiger partial charge in [0.05, 0.1) is 28.7 Å². The number of aromatic carboxylic acids is 1. The molecule has 4 rings (SSSR count). The van der Waals surface area contributed by atoms with E-state index >= 15 is 0 Å². The first-order valence-electron chi connectivity index (χ1n) is 10.8. The minimum absolute atomic E-state index is 0.0740. The van der Waals surface area contributed by atoms with Gasteiger partial charge in [0.1, 0.15) is 11.3 Å². The van der Waals surface area contributed by atoms with Crippen LogP contribution in [0.15, 0.2) is 57.7 Å². The highest BCUT2D eigenvalue weighted by atomic mass is 16.4. The van der Waals surface area contributed by atoms with Gasteiger partial charge >= 0.3 is 5.97 Å². The van der Waals surface area contributed by atoms with E-state index in [9.17, 15) is 20.0 Å². The smallest absolute Gasteiger partial charge is 0.356 e. The summed E-state index contributed by atoms with van der Waals surface area (Å²) in [5.74, 6) is -0.732. The first-order chi connectivity index (χ1) is 16.2. The molecule has 0 aliphatic heterocycles. The topological polar surface area (TPSA) is 116 Å². The number of hydrogen-bond donors (Lipinski definition) is 2. The third-order valence-corrected chi connectivity index (χ3v) is 5.72. The lowest BCUT2D eigenvalue weighted by Crippen LogP contribution is -2.15. The van der Waals surface area contributed by atoms with E-state index in [-0.39, 0.29) is 11.1 Å². The number of nitriles is 1. The fraction of sp³-hybridized carbons (Fsp3) is 0.185. The van der Waals surface area contributed by atoms with Gasteiger partial charge in [-0.3, -0.25) is 4.79 Å². The molecule has 1 unspecified atom stereocenters. The highest BCUT2D eigenvalue weighted by Gasteiger charge is 2.21. The molecule has 0 bridgehead atoms. The number of hydrogen-bond acceptors (Lipinski definition) is 6. The molecule has 7 heteroatoms. The quantitative estimate of drug-likeness (QED) is 0.408. The highest BCUT2D eigenvalue weighted by molar-refractivity contribution is 5.92. The fourth-order valence-corrected chi connectivity index (χ4v) is 4.04. The van der Waals surface area contributed by atoms with Gasteiger partial charge in [0, 0.05) is 22.4 Å². The van der Waals surface area contributed by atoms with Crippen LogP contribution >= 0.6 is 0 Å². The van der Waals surface area contributed by atoms with Crippen molar-refractivity contribution in [2.45, 2.75) is 33.7 Å². The summed E-state index contributed by atoms with van der Waals surface area (Å²) in [6.45, 7) is 7.20. The van der Waals surface area contributed by atoms with Crippen molar-refractivity contribution in [1.29, 1.82) is 5.26 Å². The molecule has 2 aromatic heterocycles. The lowest BCUT2D eigenvalue weighted by molar-refractivity contribution is 0.0691. The number of carboxylic acids is 1. The highest BCUT2D eigenvalue weighted by Crippen LogP contribution is 2.32. The van der Waals surface area contributed by atoms with E-state index in [1.807, 2.05) is 19.9 Å². The van der Waals surface area contributed by atoms with E-state index in [1.165, 1.54) is 0 Å². The normalized spacial score (nSPS) is 11.7.